The highest BCUT2D eigenvalue weighted by Gasteiger charge is 2.62. The van der Waals surface area contributed by atoms with E-state index in [1.54, 1.807) is 45.9 Å². The number of nitrogens with zero attached hydrogens (tertiary/aromatic N) is 3. The van der Waals surface area contributed by atoms with Crippen LogP contribution in [0.15, 0.2) is 67.3 Å². The van der Waals surface area contributed by atoms with E-state index < -0.39 is 46.2 Å². The van der Waals surface area contributed by atoms with E-state index in [1.165, 1.54) is 17.0 Å². The molecule has 1 aromatic heterocycles. The summed E-state index contributed by atoms with van der Waals surface area (Å²) in [5, 5.41) is 14.8. The van der Waals surface area contributed by atoms with Gasteiger partial charge in [0, 0.05) is 41.5 Å². The average molecular weight is 617 g/mol. The maximum atomic E-state index is 13.8. The highest BCUT2D eigenvalue weighted by Crippen LogP contribution is 2.46. The van der Waals surface area contributed by atoms with E-state index in [0.717, 1.165) is 5.56 Å². The molecule has 2 fully saturated rings. The lowest BCUT2D eigenvalue weighted by Crippen LogP contribution is -2.53. The van der Waals surface area contributed by atoms with Crippen LogP contribution in [0.4, 0.5) is 10.5 Å². The molecular formula is C33H36N4O8. The van der Waals surface area contributed by atoms with Crippen molar-refractivity contribution in [3.63, 3.8) is 0 Å². The number of ether oxygens (including phenoxy) is 3. The molecule has 2 aromatic carbocycles. The Morgan fingerprint density at radius 1 is 1.18 bits per heavy atom. The van der Waals surface area contributed by atoms with Gasteiger partial charge in [0.05, 0.1) is 29.3 Å². The van der Waals surface area contributed by atoms with E-state index in [-0.39, 0.29) is 31.2 Å². The number of benzene rings is 2. The van der Waals surface area contributed by atoms with Gasteiger partial charge in [-0.05, 0) is 40.2 Å². The number of non-ortho nitro benzene ring substituents is 1. The number of hydrogen-bond acceptors (Lipinski definition) is 9. The first-order valence-electron chi connectivity index (χ1n) is 14.8. The highest BCUT2D eigenvalue weighted by atomic mass is 16.6. The number of rotatable bonds is 9. The Kier molecular flexibility index (Phi) is 8.51. The smallest absolute Gasteiger partial charge is 0.411 e. The van der Waals surface area contributed by atoms with Crippen molar-refractivity contribution in [1.29, 1.82) is 0 Å². The summed E-state index contributed by atoms with van der Waals surface area (Å²) >= 11 is 0. The SMILES string of the molecule is C=CC1C[C@]1(NC(=O)[C@@H]1CC(Oc2cc(-c3ccccc3)nc3ccc([N+](=O)[O-])cc23)CN1C(=O)OC(C)(C)C)C(=O)OCC. The monoisotopic (exact) mass is 616 g/mol. The maximum Gasteiger partial charge on any atom is 0.411 e. The molecule has 12 heteroatoms. The molecule has 0 spiro atoms. The third-order valence-corrected chi connectivity index (χ3v) is 7.81. The van der Waals surface area contributed by atoms with E-state index in [2.05, 4.69) is 11.9 Å². The molecule has 1 saturated heterocycles. The standard InChI is InChI=1S/C33H36N4O8/c1-6-21-18-33(21,30(39)43-7-2)35-29(38)27-16-23(19-36(27)31(40)45-32(3,4)5)44-28-17-26(20-11-9-8-10-12-20)34-25-14-13-22(37(41)42)15-24(25)28/h6,8-15,17,21,23,27H,1,7,16,18-19H2,2-5H3,(H,35,38)/t21?,23?,27-,33+/m0/s1. The van der Waals surface area contributed by atoms with Gasteiger partial charge in [0.25, 0.3) is 5.69 Å². The van der Waals surface area contributed by atoms with E-state index in [9.17, 15) is 24.5 Å². The topological polar surface area (TPSA) is 150 Å². The lowest BCUT2D eigenvalue weighted by Gasteiger charge is -2.28. The van der Waals surface area contributed by atoms with Gasteiger partial charge in [0.15, 0.2) is 0 Å². The second-order valence-electron chi connectivity index (χ2n) is 12.2. The summed E-state index contributed by atoms with van der Waals surface area (Å²) in [6, 6.07) is 14.4. The van der Waals surface area contributed by atoms with Gasteiger partial charge < -0.3 is 19.5 Å². The van der Waals surface area contributed by atoms with Gasteiger partial charge in [-0.1, -0.05) is 36.4 Å². The zero-order valence-corrected chi connectivity index (χ0v) is 25.6. The van der Waals surface area contributed by atoms with Gasteiger partial charge in [0.2, 0.25) is 5.91 Å². The molecule has 236 valence electrons. The normalized spacial score (nSPS) is 22.4. The number of esters is 1. The number of carbonyl (C=O) groups is 3. The van der Waals surface area contributed by atoms with Crippen LogP contribution in [-0.4, -0.2) is 69.2 Å². The predicted molar refractivity (Wildman–Crippen MR) is 165 cm³/mol. The second-order valence-corrected chi connectivity index (χ2v) is 12.2. The van der Waals surface area contributed by atoms with Crippen LogP contribution in [0.3, 0.4) is 0 Å². The van der Waals surface area contributed by atoms with Crippen LogP contribution in [0.2, 0.25) is 0 Å². The van der Waals surface area contributed by atoms with Gasteiger partial charge >= 0.3 is 12.1 Å². The zero-order chi connectivity index (χ0) is 32.5. The molecule has 0 bridgehead atoms. The number of fused-ring (bicyclic) bond motifs is 1. The second kappa shape index (κ2) is 12.2. The van der Waals surface area contributed by atoms with Crippen LogP contribution in [0, 0.1) is 16.0 Å². The summed E-state index contributed by atoms with van der Waals surface area (Å²) in [7, 11) is 0. The molecule has 1 saturated carbocycles. The number of pyridine rings is 1. The number of nitro benzene ring substituents is 1. The highest BCUT2D eigenvalue weighted by molar-refractivity contribution is 5.95. The summed E-state index contributed by atoms with van der Waals surface area (Å²) in [6.07, 6.45) is 0.596. The minimum Gasteiger partial charge on any atom is -0.488 e. The fourth-order valence-electron chi connectivity index (χ4n) is 5.55. The van der Waals surface area contributed by atoms with E-state index in [0.29, 0.717) is 28.8 Å². The predicted octanol–water partition coefficient (Wildman–Crippen LogP) is 5.19. The molecule has 1 aliphatic carbocycles. The molecule has 2 unspecified atom stereocenters. The minimum absolute atomic E-state index is 0.0102. The summed E-state index contributed by atoms with van der Waals surface area (Å²) in [6.45, 7) is 10.8. The number of amides is 2. The maximum absolute atomic E-state index is 13.8. The van der Waals surface area contributed by atoms with Crippen molar-refractivity contribution in [1.82, 2.24) is 15.2 Å². The fourth-order valence-corrected chi connectivity index (χ4v) is 5.55. The van der Waals surface area contributed by atoms with Crippen molar-refractivity contribution < 1.29 is 33.5 Å². The molecule has 2 amide bonds. The molecule has 4 atom stereocenters. The number of nitro groups is 1. The van der Waals surface area contributed by atoms with Gasteiger partial charge in [-0.2, -0.15) is 0 Å². The van der Waals surface area contributed by atoms with E-state index in [4.69, 9.17) is 19.2 Å². The van der Waals surface area contributed by atoms with E-state index in [1.807, 2.05) is 30.3 Å². The van der Waals surface area contributed by atoms with Gasteiger partial charge in [-0.15, -0.1) is 6.58 Å². The van der Waals surface area contributed by atoms with Gasteiger partial charge in [-0.3, -0.25) is 19.8 Å². The molecule has 5 rings (SSSR count). The first kappa shape index (κ1) is 31.4. The number of hydrogen-bond donors (Lipinski definition) is 1. The Morgan fingerprint density at radius 3 is 2.53 bits per heavy atom. The Hall–Kier alpha value is -5.00. The van der Waals surface area contributed by atoms with Gasteiger partial charge in [0.1, 0.15) is 29.0 Å². The summed E-state index contributed by atoms with van der Waals surface area (Å²) in [4.78, 5) is 57.1. The summed E-state index contributed by atoms with van der Waals surface area (Å²) in [5.41, 5.74) is -0.340. The van der Waals surface area contributed by atoms with Crippen LogP contribution in [0.25, 0.3) is 22.2 Å². The van der Waals surface area contributed by atoms with Crippen molar-refractivity contribution >= 4 is 34.6 Å². The average Bonchev–Trinajstić information content (AvgIpc) is 3.55. The molecule has 2 aliphatic rings. The molecule has 3 aromatic rings. The van der Waals surface area contributed by atoms with Crippen LogP contribution < -0.4 is 10.1 Å². The third kappa shape index (κ3) is 6.59. The molecule has 0 radical (unpaired) electrons. The van der Waals surface area contributed by atoms with Gasteiger partial charge in [-0.25, -0.2) is 14.6 Å². The number of aromatic nitrogens is 1. The Morgan fingerprint density at radius 2 is 1.91 bits per heavy atom. The Balaban J connectivity index is 1.48. The molecule has 12 nitrogen and oxygen atoms in total. The summed E-state index contributed by atoms with van der Waals surface area (Å²) in [5.74, 6) is -1.10. The molecular weight excluding hydrogens is 580 g/mol. The van der Waals surface area contributed by atoms with Crippen LogP contribution in [0.5, 0.6) is 5.75 Å². The number of likely N-dealkylation sites (tertiary alicyclic amines) is 1. The minimum atomic E-state index is -1.25. The quantitative estimate of drug-likeness (QED) is 0.148. The first-order chi connectivity index (χ1) is 21.3. The van der Waals surface area contributed by atoms with Crippen molar-refractivity contribution in [3.8, 4) is 17.0 Å². The Bertz CT molecular complexity index is 1650. The van der Waals surface area contributed by atoms with Crippen LogP contribution in [0.1, 0.15) is 40.5 Å². The first-order valence-corrected chi connectivity index (χ1v) is 14.8. The molecule has 45 heavy (non-hydrogen) atoms. The summed E-state index contributed by atoms with van der Waals surface area (Å²) < 4.78 is 17.3. The number of carbonyl (C=O) groups excluding carboxylic acids is 3. The largest absolute Gasteiger partial charge is 0.488 e. The third-order valence-electron chi connectivity index (χ3n) is 7.81. The van der Waals surface area contributed by atoms with Crippen molar-refractivity contribution in [3.05, 3.63) is 77.4 Å². The van der Waals surface area contributed by atoms with Crippen molar-refractivity contribution in [2.24, 2.45) is 5.92 Å². The zero-order valence-electron chi connectivity index (χ0n) is 25.6. The lowest BCUT2D eigenvalue weighted by atomic mass is 10.1. The van der Waals surface area contributed by atoms with Crippen LogP contribution >= 0.6 is 0 Å². The molecule has 1 aliphatic heterocycles. The lowest BCUT2D eigenvalue weighted by molar-refractivity contribution is -0.384. The number of nitrogens with one attached hydrogen (secondary N) is 1. The van der Waals surface area contributed by atoms with Crippen molar-refractivity contribution in [2.45, 2.75) is 63.8 Å². The van der Waals surface area contributed by atoms with E-state index >= 15 is 0 Å². The fraction of sp³-hybridized carbons (Fsp3) is 0.394. The molecule has 1 N–H and O–H groups in total. The molecule has 2 heterocycles. The van der Waals surface area contributed by atoms with Crippen molar-refractivity contribution in [2.75, 3.05) is 13.2 Å². The Labute approximate surface area is 260 Å². The van der Waals surface area contributed by atoms with Crippen LogP contribution in [-0.2, 0) is 19.1 Å².